The number of Topliss-reactive ketones (excluding diaryl/α,β-unsaturated/α-hetero) is 1. The summed E-state index contributed by atoms with van der Waals surface area (Å²) in [6, 6.07) is 29.9. The summed E-state index contributed by atoms with van der Waals surface area (Å²) in [5.41, 5.74) is 9.98. The van der Waals surface area contributed by atoms with Crippen molar-refractivity contribution in [1.82, 2.24) is 0 Å². The Labute approximate surface area is 235 Å². The van der Waals surface area contributed by atoms with Gasteiger partial charge in [-0.1, -0.05) is 82.7 Å². The van der Waals surface area contributed by atoms with E-state index in [1.807, 2.05) is 60.7 Å². The van der Waals surface area contributed by atoms with Gasteiger partial charge < -0.3 is 10.5 Å². The van der Waals surface area contributed by atoms with E-state index in [1.165, 1.54) is 5.56 Å². The molecule has 194 valence electrons. The van der Waals surface area contributed by atoms with Crippen LogP contribution in [0.2, 0.25) is 0 Å². The van der Waals surface area contributed by atoms with Gasteiger partial charge in [-0.05, 0) is 82.3 Å². The molecule has 5 aromatic carbocycles. The van der Waals surface area contributed by atoms with Crippen LogP contribution in [0.5, 0.6) is 5.75 Å². The highest BCUT2D eigenvalue weighted by Crippen LogP contribution is 2.48. The van der Waals surface area contributed by atoms with Crippen LogP contribution in [0, 0.1) is 0 Å². The lowest BCUT2D eigenvalue weighted by molar-refractivity contribution is -0.122. The van der Waals surface area contributed by atoms with Gasteiger partial charge >= 0.3 is 0 Å². The first kappa shape index (κ1) is 25.5. The lowest BCUT2D eigenvalue weighted by Crippen LogP contribution is -2.47. The molecule has 5 aromatic rings. The molecule has 0 amide bonds. The van der Waals surface area contributed by atoms with Gasteiger partial charge in [0.25, 0.3) is 0 Å². The summed E-state index contributed by atoms with van der Waals surface area (Å²) in [6.07, 6.45) is 1.31. The number of carbonyl (C=O) groups excluding carboxylic acids is 2. The van der Waals surface area contributed by atoms with Crippen molar-refractivity contribution < 1.29 is 14.3 Å². The number of halogens is 1. The summed E-state index contributed by atoms with van der Waals surface area (Å²) in [4.78, 5) is 27.1. The van der Waals surface area contributed by atoms with Gasteiger partial charge in [0, 0.05) is 21.5 Å². The molecule has 1 aliphatic rings. The molecule has 0 aliphatic heterocycles. The van der Waals surface area contributed by atoms with Gasteiger partial charge in [0.05, 0.1) is 7.11 Å². The standard InChI is InChI=1S/C34H28BrNO3/c1-20(37)34(36)17-16-23(21-8-4-3-5-9-21)32-27-19-28(33(38)29-18-22(39-2)12-15-31(29)35)25-11-7-6-10-24(25)26(27)13-14-30(32)34/h3-15,18-19,23H,16-17,36H2,1-2H3. The number of benzene rings is 5. The molecule has 0 aromatic heterocycles. The van der Waals surface area contributed by atoms with Crippen molar-refractivity contribution in [2.24, 2.45) is 5.73 Å². The lowest BCUT2D eigenvalue weighted by atomic mass is 9.67. The Hall–Kier alpha value is -3.80. The minimum absolute atomic E-state index is 0.0491. The van der Waals surface area contributed by atoms with E-state index in [0.717, 1.165) is 39.1 Å². The average molecular weight is 579 g/mol. The topological polar surface area (TPSA) is 69.4 Å². The largest absolute Gasteiger partial charge is 0.497 e. The number of hydrogen-bond acceptors (Lipinski definition) is 4. The lowest BCUT2D eigenvalue weighted by Gasteiger charge is -2.39. The van der Waals surface area contributed by atoms with Crippen molar-refractivity contribution in [3.63, 3.8) is 0 Å². The number of methoxy groups -OCH3 is 1. The molecule has 0 bridgehead atoms. The smallest absolute Gasteiger partial charge is 0.194 e. The number of nitrogens with two attached hydrogens (primary N) is 1. The van der Waals surface area contributed by atoms with Crippen molar-refractivity contribution in [2.45, 2.75) is 31.2 Å². The highest BCUT2D eigenvalue weighted by atomic mass is 79.9. The Morgan fingerprint density at radius 1 is 0.846 bits per heavy atom. The van der Waals surface area contributed by atoms with E-state index in [2.05, 4.69) is 40.2 Å². The Morgan fingerprint density at radius 2 is 1.54 bits per heavy atom. The van der Waals surface area contributed by atoms with Crippen LogP contribution in [-0.2, 0) is 10.3 Å². The van der Waals surface area contributed by atoms with E-state index in [1.54, 1.807) is 20.1 Å². The summed E-state index contributed by atoms with van der Waals surface area (Å²) in [6.45, 7) is 1.58. The Balaban J connectivity index is 1.71. The molecule has 2 N–H and O–H groups in total. The second-order valence-electron chi connectivity index (χ2n) is 10.3. The molecule has 0 spiro atoms. The third-order valence-corrected chi connectivity index (χ3v) is 8.92. The van der Waals surface area contributed by atoms with Gasteiger partial charge in [-0.25, -0.2) is 0 Å². The number of hydrogen-bond donors (Lipinski definition) is 1. The summed E-state index contributed by atoms with van der Waals surface area (Å²) in [5.74, 6) is 0.511. The fourth-order valence-corrected chi connectivity index (χ4v) is 6.57. The summed E-state index contributed by atoms with van der Waals surface area (Å²) in [5, 5.41) is 3.86. The van der Waals surface area contributed by atoms with Crippen molar-refractivity contribution in [1.29, 1.82) is 0 Å². The summed E-state index contributed by atoms with van der Waals surface area (Å²) < 4.78 is 6.12. The van der Waals surface area contributed by atoms with Crippen molar-refractivity contribution in [3.8, 4) is 5.75 Å². The Kier molecular flexibility index (Phi) is 6.37. The Morgan fingerprint density at radius 3 is 2.26 bits per heavy atom. The first-order valence-electron chi connectivity index (χ1n) is 13.1. The van der Waals surface area contributed by atoms with Gasteiger partial charge in [0.2, 0.25) is 0 Å². The molecular formula is C34H28BrNO3. The normalized spacial score (nSPS) is 18.6. The van der Waals surface area contributed by atoms with Gasteiger partial charge in [-0.15, -0.1) is 0 Å². The van der Waals surface area contributed by atoms with Crippen LogP contribution in [0.3, 0.4) is 0 Å². The van der Waals surface area contributed by atoms with E-state index >= 15 is 0 Å². The first-order valence-corrected chi connectivity index (χ1v) is 13.8. The molecule has 0 saturated heterocycles. The zero-order chi connectivity index (χ0) is 27.3. The zero-order valence-corrected chi connectivity index (χ0v) is 23.4. The minimum Gasteiger partial charge on any atom is -0.497 e. The number of rotatable bonds is 5. The molecule has 5 heteroatoms. The van der Waals surface area contributed by atoms with Crippen molar-refractivity contribution in [3.05, 3.63) is 123 Å². The van der Waals surface area contributed by atoms with Crippen LogP contribution in [0.1, 0.15) is 58.3 Å². The van der Waals surface area contributed by atoms with Crippen LogP contribution in [-0.4, -0.2) is 18.7 Å². The third kappa shape index (κ3) is 4.08. The third-order valence-electron chi connectivity index (χ3n) is 8.23. The maximum Gasteiger partial charge on any atom is 0.194 e. The number of carbonyl (C=O) groups is 2. The maximum absolute atomic E-state index is 14.2. The fourth-order valence-electron chi connectivity index (χ4n) is 6.14. The van der Waals surface area contributed by atoms with E-state index in [-0.39, 0.29) is 17.5 Å². The molecule has 39 heavy (non-hydrogen) atoms. The molecule has 0 saturated carbocycles. The highest BCUT2D eigenvalue weighted by molar-refractivity contribution is 9.10. The van der Waals surface area contributed by atoms with Crippen LogP contribution in [0.15, 0.2) is 95.5 Å². The van der Waals surface area contributed by atoms with E-state index < -0.39 is 5.54 Å². The second kappa shape index (κ2) is 9.74. The fraction of sp³-hybridized carbons (Fsp3) is 0.176. The van der Waals surface area contributed by atoms with E-state index in [9.17, 15) is 9.59 Å². The van der Waals surface area contributed by atoms with Crippen LogP contribution < -0.4 is 10.5 Å². The molecular weight excluding hydrogens is 550 g/mol. The SMILES string of the molecule is COc1ccc(Br)c(C(=O)c2cc3c4c(ccc3c3ccccc23)C(N)(C(C)=O)CCC4c2ccccc2)c1. The average Bonchev–Trinajstić information content (AvgIpc) is 2.97. The number of ether oxygens (including phenoxy) is 1. The summed E-state index contributed by atoms with van der Waals surface area (Å²) >= 11 is 3.57. The molecule has 2 unspecified atom stereocenters. The van der Waals surface area contributed by atoms with Crippen LogP contribution in [0.25, 0.3) is 21.5 Å². The number of fused-ring (bicyclic) bond motifs is 5. The van der Waals surface area contributed by atoms with Gasteiger partial charge in [0.1, 0.15) is 11.3 Å². The van der Waals surface area contributed by atoms with Crippen LogP contribution >= 0.6 is 15.9 Å². The highest BCUT2D eigenvalue weighted by Gasteiger charge is 2.41. The molecule has 0 radical (unpaired) electrons. The molecule has 0 fully saturated rings. The Bertz CT molecular complexity index is 1780. The molecule has 0 heterocycles. The molecule has 6 rings (SSSR count). The van der Waals surface area contributed by atoms with Crippen LogP contribution in [0.4, 0.5) is 0 Å². The molecule has 2 atom stereocenters. The molecule has 4 nitrogen and oxygen atoms in total. The zero-order valence-electron chi connectivity index (χ0n) is 21.8. The predicted octanol–water partition coefficient (Wildman–Crippen LogP) is 7.66. The van der Waals surface area contributed by atoms with Crippen molar-refractivity contribution in [2.75, 3.05) is 7.11 Å². The quantitative estimate of drug-likeness (QED) is 0.172. The van der Waals surface area contributed by atoms with Crippen molar-refractivity contribution >= 4 is 49.0 Å². The van der Waals surface area contributed by atoms with Gasteiger partial charge in [-0.2, -0.15) is 0 Å². The number of ketones is 2. The van der Waals surface area contributed by atoms with Gasteiger partial charge in [0.15, 0.2) is 11.6 Å². The van der Waals surface area contributed by atoms with E-state index in [4.69, 9.17) is 10.5 Å². The first-order chi connectivity index (χ1) is 18.8. The predicted molar refractivity (Wildman–Crippen MR) is 160 cm³/mol. The maximum atomic E-state index is 14.2. The second-order valence-corrected chi connectivity index (χ2v) is 11.2. The minimum atomic E-state index is -1.07. The van der Waals surface area contributed by atoms with E-state index in [0.29, 0.717) is 27.8 Å². The molecule has 1 aliphatic carbocycles. The van der Waals surface area contributed by atoms with Gasteiger partial charge in [-0.3, -0.25) is 9.59 Å². The monoisotopic (exact) mass is 577 g/mol. The summed E-state index contributed by atoms with van der Waals surface area (Å²) in [7, 11) is 1.59.